The molecule has 0 saturated carbocycles. The molecule has 0 radical (unpaired) electrons. The van der Waals surface area contributed by atoms with Crippen LogP contribution in [-0.2, 0) is 0 Å². The van der Waals surface area contributed by atoms with Crippen LogP contribution in [0.2, 0.25) is 0 Å². The summed E-state index contributed by atoms with van der Waals surface area (Å²) in [5, 5.41) is 6.84. The van der Waals surface area contributed by atoms with Gasteiger partial charge >= 0.3 is 0 Å². The number of benzene rings is 1. The Balaban J connectivity index is 1.97. The van der Waals surface area contributed by atoms with Gasteiger partial charge in [-0.25, -0.2) is 0 Å². The molecule has 1 aromatic carbocycles. The lowest BCUT2D eigenvalue weighted by molar-refractivity contribution is 0.430. The quantitative estimate of drug-likeness (QED) is 0.783. The lowest BCUT2D eigenvalue weighted by Gasteiger charge is -2.20. The Kier molecular flexibility index (Phi) is 3.75. The molecule has 0 bridgehead atoms. The molecule has 2 atom stereocenters. The van der Waals surface area contributed by atoms with Gasteiger partial charge in [-0.1, -0.05) is 30.3 Å². The maximum Gasteiger partial charge on any atom is 0.0320 e. The minimum atomic E-state index is 0.510. The standard InChI is InChI=1S/C13H20N2/c1-14-13(9-11-7-8-15-10-11)12-5-3-2-4-6-12/h2-6,11,13-15H,7-10H2,1H3. The molecule has 0 spiro atoms. The second-order valence-corrected chi connectivity index (χ2v) is 4.35. The van der Waals surface area contributed by atoms with E-state index >= 15 is 0 Å². The Morgan fingerprint density at radius 2 is 2.20 bits per heavy atom. The normalized spacial score (nSPS) is 22.9. The van der Waals surface area contributed by atoms with Crippen molar-refractivity contribution in [2.24, 2.45) is 5.92 Å². The average molecular weight is 204 g/mol. The number of hydrogen-bond donors (Lipinski definition) is 2. The van der Waals surface area contributed by atoms with Crippen molar-refractivity contribution in [3.05, 3.63) is 35.9 Å². The van der Waals surface area contributed by atoms with Crippen LogP contribution in [0.15, 0.2) is 30.3 Å². The third-order valence-electron chi connectivity index (χ3n) is 3.28. The molecule has 2 N–H and O–H groups in total. The molecule has 0 aliphatic carbocycles. The van der Waals surface area contributed by atoms with Crippen LogP contribution in [-0.4, -0.2) is 20.1 Å². The van der Waals surface area contributed by atoms with Gasteiger partial charge in [0.25, 0.3) is 0 Å². The topological polar surface area (TPSA) is 24.1 Å². The van der Waals surface area contributed by atoms with Gasteiger partial charge in [-0.2, -0.15) is 0 Å². The molecule has 15 heavy (non-hydrogen) atoms. The fourth-order valence-electron chi connectivity index (χ4n) is 2.35. The first-order valence-corrected chi connectivity index (χ1v) is 5.83. The summed E-state index contributed by atoms with van der Waals surface area (Å²) in [4.78, 5) is 0. The molecule has 1 aliphatic rings. The van der Waals surface area contributed by atoms with Crippen LogP contribution in [0, 0.1) is 5.92 Å². The van der Waals surface area contributed by atoms with Crippen molar-refractivity contribution in [1.29, 1.82) is 0 Å². The Hall–Kier alpha value is -0.860. The highest BCUT2D eigenvalue weighted by atomic mass is 14.9. The third kappa shape index (κ3) is 2.80. The highest BCUT2D eigenvalue weighted by molar-refractivity contribution is 5.18. The Labute approximate surface area is 92.1 Å². The fraction of sp³-hybridized carbons (Fsp3) is 0.538. The first-order valence-electron chi connectivity index (χ1n) is 5.83. The monoisotopic (exact) mass is 204 g/mol. The third-order valence-corrected chi connectivity index (χ3v) is 3.28. The summed E-state index contributed by atoms with van der Waals surface area (Å²) in [7, 11) is 2.06. The molecule has 2 rings (SSSR count). The highest BCUT2D eigenvalue weighted by Crippen LogP contribution is 2.24. The molecule has 1 heterocycles. The van der Waals surface area contributed by atoms with E-state index in [0.29, 0.717) is 6.04 Å². The van der Waals surface area contributed by atoms with Gasteiger partial charge in [-0.3, -0.25) is 0 Å². The van der Waals surface area contributed by atoms with Gasteiger partial charge in [-0.15, -0.1) is 0 Å². The van der Waals surface area contributed by atoms with E-state index in [1.807, 2.05) is 0 Å². The molecule has 2 nitrogen and oxygen atoms in total. The summed E-state index contributed by atoms with van der Waals surface area (Å²) in [6.45, 7) is 2.38. The number of hydrogen-bond acceptors (Lipinski definition) is 2. The lowest BCUT2D eigenvalue weighted by Crippen LogP contribution is -2.21. The minimum Gasteiger partial charge on any atom is -0.316 e. The smallest absolute Gasteiger partial charge is 0.0320 e. The average Bonchev–Trinajstić information content (AvgIpc) is 2.80. The van der Waals surface area contributed by atoms with E-state index in [9.17, 15) is 0 Å². The summed E-state index contributed by atoms with van der Waals surface area (Å²) < 4.78 is 0. The molecule has 1 aliphatic heterocycles. The maximum absolute atomic E-state index is 3.43. The lowest BCUT2D eigenvalue weighted by atomic mass is 9.94. The molecule has 1 aromatic rings. The van der Waals surface area contributed by atoms with E-state index in [4.69, 9.17) is 0 Å². The molecule has 2 unspecified atom stereocenters. The van der Waals surface area contributed by atoms with Crippen molar-refractivity contribution in [1.82, 2.24) is 10.6 Å². The van der Waals surface area contributed by atoms with Gasteiger partial charge in [0, 0.05) is 6.04 Å². The zero-order valence-corrected chi connectivity index (χ0v) is 9.37. The SMILES string of the molecule is CNC(CC1CCNC1)c1ccccc1. The van der Waals surface area contributed by atoms with Gasteiger partial charge in [-0.05, 0) is 44.5 Å². The molecule has 0 aromatic heterocycles. The van der Waals surface area contributed by atoms with Crippen molar-refractivity contribution in [2.75, 3.05) is 20.1 Å². The van der Waals surface area contributed by atoms with Gasteiger partial charge < -0.3 is 10.6 Å². The van der Waals surface area contributed by atoms with E-state index in [1.54, 1.807) is 0 Å². The summed E-state index contributed by atoms with van der Waals surface area (Å²) in [5.74, 6) is 0.836. The molecular weight excluding hydrogens is 184 g/mol. The first kappa shape index (κ1) is 10.7. The second-order valence-electron chi connectivity index (χ2n) is 4.35. The van der Waals surface area contributed by atoms with Crippen molar-refractivity contribution in [3.8, 4) is 0 Å². The molecule has 1 fully saturated rings. The van der Waals surface area contributed by atoms with E-state index in [1.165, 1.54) is 31.5 Å². The number of nitrogens with one attached hydrogen (secondary N) is 2. The van der Waals surface area contributed by atoms with E-state index in [-0.39, 0.29) is 0 Å². The van der Waals surface area contributed by atoms with Gasteiger partial charge in [0.05, 0.1) is 0 Å². The molecule has 82 valence electrons. The van der Waals surface area contributed by atoms with Crippen molar-refractivity contribution < 1.29 is 0 Å². The Bertz CT molecular complexity index is 278. The van der Waals surface area contributed by atoms with Crippen molar-refractivity contribution in [3.63, 3.8) is 0 Å². The van der Waals surface area contributed by atoms with Crippen LogP contribution in [0.3, 0.4) is 0 Å². The fourth-order valence-corrected chi connectivity index (χ4v) is 2.35. The van der Waals surface area contributed by atoms with Crippen LogP contribution >= 0.6 is 0 Å². The molecular formula is C13H20N2. The largest absolute Gasteiger partial charge is 0.316 e. The van der Waals surface area contributed by atoms with Gasteiger partial charge in [0.1, 0.15) is 0 Å². The van der Waals surface area contributed by atoms with Crippen LogP contribution in [0.5, 0.6) is 0 Å². The van der Waals surface area contributed by atoms with Crippen LogP contribution in [0.1, 0.15) is 24.4 Å². The van der Waals surface area contributed by atoms with Gasteiger partial charge in [0.2, 0.25) is 0 Å². The maximum atomic E-state index is 3.43. The zero-order chi connectivity index (χ0) is 10.5. The predicted octanol–water partition coefficient (Wildman–Crippen LogP) is 1.95. The molecule has 2 heteroatoms. The summed E-state index contributed by atoms with van der Waals surface area (Å²) in [6, 6.07) is 11.2. The number of rotatable bonds is 4. The first-order chi connectivity index (χ1) is 7.40. The second kappa shape index (κ2) is 5.29. The van der Waals surface area contributed by atoms with Crippen LogP contribution < -0.4 is 10.6 Å². The van der Waals surface area contributed by atoms with Crippen molar-refractivity contribution >= 4 is 0 Å². The van der Waals surface area contributed by atoms with Crippen LogP contribution in [0.4, 0.5) is 0 Å². The summed E-state index contributed by atoms with van der Waals surface area (Å²) >= 11 is 0. The zero-order valence-electron chi connectivity index (χ0n) is 9.37. The summed E-state index contributed by atoms with van der Waals surface area (Å²) in [5.41, 5.74) is 1.41. The molecule has 1 saturated heterocycles. The van der Waals surface area contributed by atoms with E-state index < -0.39 is 0 Å². The van der Waals surface area contributed by atoms with Crippen molar-refractivity contribution in [2.45, 2.75) is 18.9 Å². The summed E-state index contributed by atoms with van der Waals surface area (Å²) in [6.07, 6.45) is 2.57. The van der Waals surface area contributed by atoms with E-state index in [0.717, 1.165) is 5.92 Å². The molecule has 0 amide bonds. The van der Waals surface area contributed by atoms with Gasteiger partial charge in [0.15, 0.2) is 0 Å². The Morgan fingerprint density at radius 1 is 1.40 bits per heavy atom. The minimum absolute atomic E-state index is 0.510. The predicted molar refractivity (Wildman–Crippen MR) is 63.8 cm³/mol. The van der Waals surface area contributed by atoms with Crippen LogP contribution in [0.25, 0.3) is 0 Å². The highest BCUT2D eigenvalue weighted by Gasteiger charge is 2.19. The van der Waals surface area contributed by atoms with E-state index in [2.05, 4.69) is 48.0 Å². The Morgan fingerprint density at radius 3 is 2.80 bits per heavy atom.